The van der Waals surface area contributed by atoms with Gasteiger partial charge in [-0.1, -0.05) is 0 Å². The van der Waals surface area contributed by atoms with E-state index in [1.165, 1.54) is 38.5 Å². The van der Waals surface area contributed by atoms with Gasteiger partial charge in [0.2, 0.25) is 0 Å². The first-order chi connectivity index (χ1) is 9.27. The van der Waals surface area contributed by atoms with E-state index in [2.05, 4.69) is 15.5 Å². The van der Waals surface area contributed by atoms with Gasteiger partial charge in [0.05, 0.1) is 0 Å². The van der Waals surface area contributed by atoms with Gasteiger partial charge < -0.3 is 5.32 Å². The van der Waals surface area contributed by atoms with Crippen LogP contribution in [-0.4, -0.2) is 28.8 Å². The molecule has 2 N–H and O–H groups in total. The molecule has 4 fully saturated rings. The van der Waals surface area contributed by atoms with Crippen LogP contribution in [0, 0.1) is 17.8 Å². The minimum Gasteiger partial charge on any atom is -0.319 e. The van der Waals surface area contributed by atoms with Crippen molar-refractivity contribution >= 4 is 0 Å². The predicted molar refractivity (Wildman–Crippen MR) is 73.9 cm³/mol. The summed E-state index contributed by atoms with van der Waals surface area (Å²) in [5.41, 5.74) is 0.336. The van der Waals surface area contributed by atoms with E-state index in [4.69, 9.17) is 4.98 Å². The standard InChI is InChI=1S/C15H24N4/c1-16-3-2-13-17-14(19-18-13)15-7-10-4-11(8-15)6-12(5-10)9-15/h10-12,16H,2-9H2,1H3,(H,17,18,19). The Bertz CT molecular complexity index is 429. The Labute approximate surface area is 114 Å². The molecule has 0 saturated heterocycles. The van der Waals surface area contributed by atoms with Crippen LogP contribution in [0.2, 0.25) is 0 Å². The van der Waals surface area contributed by atoms with Gasteiger partial charge in [-0.05, 0) is 63.3 Å². The molecule has 104 valence electrons. The molecular formula is C15H24N4. The monoisotopic (exact) mass is 260 g/mol. The molecule has 19 heavy (non-hydrogen) atoms. The van der Waals surface area contributed by atoms with Gasteiger partial charge in [0, 0.05) is 18.4 Å². The number of hydrogen-bond acceptors (Lipinski definition) is 3. The molecule has 1 heterocycles. The molecule has 4 bridgehead atoms. The lowest BCUT2D eigenvalue weighted by molar-refractivity contribution is -0.00925. The second-order valence-electron chi connectivity index (χ2n) is 7.16. The van der Waals surface area contributed by atoms with Crippen LogP contribution in [0.15, 0.2) is 0 Å². The number of likely N-dealkylation sites (N-methyl/N-ethyl adjacent to an activating group) is 1. The lowest BCUT2D eigenvalue weighted by atomic mass is 9.49. The third-order valence-electron chi connectivity index (χ3n) is 5.66. The summed E-state index contributed by atoms with van der Waals surface area (Å²) in [5, 5.41) is 10.9. The zero-order valence-electron chi connectivity index (χ0n) is 11.8. The lowest BCUT2D eigenvalue weighted by Crippen LogP contribution is -2.49. The molecule has 4 saturated carbocycles. The van der Waals surface area contributed by atoms with E-state index in [-0.39, 0.29) is 0 Å². The Kier molecular flexibility index (Phi) is 2.69. The molecular weight excluding hydrogens is 236 g/mol. The summed E-state index contributed by atoms with van der Waals surface area (Å²) in [6, 6.07) is 0. The van der Waals surface area contributed by atoms with Crippen molar-refractivity contribution < 1.29 is 0 Å². The molecule has 1 aromatic rings. The fraction of sp³-hybridized carbons (Fsp3) is 0.867. The molecule has 4 aliphatic carbocycles. The van der Waals surface area contributed by atoms with Crippen LogP contribution in [0.1, 0.15) is 50.2 Å². The smallest absolute Gasteiger partial charge is 0.156 e. The maximum Gasteiger partial charge on any atom is 0.156 e. The average molecular weight is 260 g/mol. The molecule has 0 spiro atoms. The average Bonchev–Trinajstić information content (AvgIpc) is 2.84. The summed E-state index contributed by atoms with van der Waals surface area (Å²) in [7, 11) is 1.98. The summed E-state index contributed by atoms with van der Waals surface area (Å²) in [6.45, 7) is 0.968. The van der Waals surface area contributed by atoms with Crippen molar-refractivity contribution in [2.45, 2.75) is 50.4 Å². The first-order valence-electron chi connectivity index (χ1n) is 7.84. The Hall–Kier alpha value is -0.900. The normalized spacial score (nSPS) is 39.9. The Morgan fingerprint density at radius 3 is 2.37 bits per heavy atom. The molecule has 4 heteroatoms. The van der Waals surface area contributed by atoms with Gasteiger partial charge in [0.15, 0.2) is 5.82 Å². The van der Waals surface area contributed by atoms with Gasteiger partial charge >= 0.3 is 0 Å². The Balaban J connectivity index is 1.59. The van der Waals surface area contributed by atoms with Crippen LogP contribution in [-0.2, 0) is 11.8 Å². The maximum absolute atomic E-state index is 4.83. The molecule has 0 aliphatic heterocycles. The van der Waals surface area contributed by atoms with Crippen molar-refractivity contribution in [2.75, 3.05) is 13.6 Å². The molecule has 0 aromatic carbocycles. The van der Waals surface area contributed by atoms with Crippen LogP contribution in [0.4, 0.5) is 0 Å². The van der Waals surface area contributed by atoms with Crippen molar-refractivity contribution in [3.8, 4) is 0 Å². The van der Waals surface area contributed by atoms with Crippen molar-refractivity contribution in [3.63, 3.8) is 0 Å². The summed E-state index contributed by atoms with van der Waals surface area (Å²) in [5.74, 6) is 5.08. The molecule has 0 amide bonds. The number of nitrogens with zero attached hydrogens (tertiary/aromatic N) is 2. The van der Waals surface area contributed by atoms with Crippen LogP contribution in [0.25, 0.3) is 0 Å². The fourth-order valence-electron chi connectivity index (χ4n) is 5.27. The van der Waals surface area contributed by atoms with Gasteiger partial charge in [0.1, 0.15) is 5.82 Å². The molecule has 0 atom stereocenters. The van der Waals surface area contributed by atoms with E-state index in [9.17, 15) is 0 Å². The summed E-state index contributed by atoms with van der Waals surface area (Å²) in [6.07, 6.45) is 9.45. The largest absolute Gasteiger partial charge is 0.319 e. The quantitative estimate of drug-likeness (QED) is 0.871. The second-order valence-corrected chi connectivity index (χ2v) is 7.16. The first-order valence-corrected chi connectivity index (χ1v) is 7.84. The van der Waals surface area contributed by atoms with Crippen LogP contribution < -0.4 is 5.32 Å². The lowest BCUT2D eigenvalue weighted by Gasteiger charge is -2.55. The van der Waals surface area contributed by atoms with Crippen LogP contribution in [0.3, 0.4) is 0 Å². The zero-order valence-corrected chi connectivity index (χ0v) is 11.8. The summed E-state index contributed by atoms with van der Waals surface area (Å²) >= 11 is 0. The highest BCUT2D eigenvalue weighted by Gasteiger charge is 2.53. The molecule has 4 aliphatic rings. The van der Waals surface area contributed by atoms with E-state index >= 15 is 0 Å². The van der Waals surface area contributed by atoms with Crippen molar-refractivity contribution in [3.05, 3.63) is 11.6 Å². The van der Waals surface area contributed by atoms with Gasteiger partial charge in [-0.15, -0.1) is 0 Å². The molecule has 4 nitrogen and oxygen atoms in total. The molecule has 0 radical (unpaired) electrons. The highest BCUT2D eigenvalue weighted by Crippen LogP contribution is 2.60. The van der Waals surface area contributed by atoms with Crippen LogP contribution >= 0.6 is 0 Å². The van der Waals surface area contributed by atoms with Crippen molar-refractivity contribution in [1.29, 1.82) is 0 Å². The minimum atomic E-state index is 0.336. The second kappa shape index (κ2) is 4.30. The Morgan fingerprint density at radius 2 is 1.79 bits per heavy atom. The van der Waals surface area contributed by atoms with Gasteiger partial charge in [-0.3, -0.25) is 5.10 Å². The highest BCUT2D eigenvalue weighted by atomic mass is 15.2. The third kappa shape index (κ3) is 1.92. The number of H-pyrrole nitrogens is 1. The van der Waals surface area contributed by atoms with E-state index < -0.39 is 0 Å². The minimum absolute atomic E-state index is 0.336. The summed E-state index contributed by atoms with van der Waals surface area (Å²) in [4.78, 5) is 4.83. The van der Waals surface area contributed by atoms with E-state index in [0.29, 0.717) is 5.41 Å². The number of aromatic amines is 1. The van der Waals surface area contributed by atoms with E-state index in [1.54, 1.807) is 0 Å². The van der Waals surface area contributed by atoms with Crippen molar-refractivity contribution in [1.82, 2.24) is 20.5 Å². The van der Waals surface area contributed by atoms with Crippen LogP contribution in [0.5, 0.6) is 0 Å². The number of aromatic nitrogens is 3. The molecule has 0 unspecified atom stereocenters. The number of hydrogen-bond donors (Lipinski definition) is 2. The summed E-state index contributed by atoms with van der Waals surface area (Å²) < 4.78 is 0. The molecule has 5 rings (SSSR count). The Morgan fingerprint density at radius 1 is 1.16 bits per heavy atom. The van der Waals surface area contributed by atoms with Crippen molar-refractivity contribution in [2.24, 2.45) is 17.8 Å². The van der Waals surface area contributed by atoms with E-state index in [1.807, 2.05) is 7.05 Å². The SMILES string of the molecule is CNCCc1nc(C23CC4CC(CC(C4)C2)C3)n[nH]1. The highest BCUT2D eigenvalue weighted by molar-refractivity contribution is 5.17. The number of nitrogens with one attached hydrogen (secondary N) is 2. The third-order valence-corrected chi connectivity index (χ3v) is 5.66. The molecule has 1 aromatic heterocycles. The van der Waals surface area contributed by atoms with Gasteiger partial charge in [-0.2, -0.15) is 5.10 Å². The predicted octanol–water partition coefficient (Wildman–Crippen LogP) is 2.03. The topological polar surface area (TPSA) is 53.6 Å². The van der Waals surface area contributed by atoms with Gasteiger partial charge in [-0.25, -0.2) is 4.98 Å². The number of rotatable bonds is 4. The zero-order chi connectivity index (χ0) is 12.9. The fourth-order valence-corrected chi connectivity index (χ4v) is 5.27. The van der Waals surface area contributed by atoms with Gasteiger partial charge in [0.25, 0.3) is 0 Å². The van der Waals surface area contributed by atoms with E-state index in [0.717, 1.165) is 42.4 Å². The first kappa shape index (κ1) is 11.9. The maximum atomic E-state index is 4.83.